The SMILES string of the molecule is COC(=O)c1ccc(NC(=O)Cc2csc(SCC(=O)c3ccccc3)n2)cc1. The van der Waals surface area contributed by atoms with Crippen LogP contribution in [0.1, 0.15) is 26.4 Å². The van der Waals surface area contributed by atoms with Crippen LogP contribution in [0.15, 0.2) is 64.3 Å². The van der Waals surface area contributed by atoms with E-state index < -0.39 is 5.97 Å². The van der Waals surface area contributed by atoms with Crippen LogP contribution >= 0.6 is 23.1 Å². The minimum Gasteiger partial charge on any atom is -0.465 e. The van der Waals surface area contributed by atoms with E-state index in [1.165, 1.54) is 30.2 Å². The molecule has 29 heavy (non-hydrogen) atoms. The van der Waals surface area contributed by atoms with Crippen molar-refractivity contribution in [2.45, 2.75) is 10.8 Å². The molecule has 148 valence electrons. The highest BCUT2D eigenvalue weighted by Gasteiger charge is 2.12. The van der Waals surface area contributed by atoms with Gasteiger partial charge in [-0.2, -0.15) is 0 Å². The molecule has 0 atom stereocenters. The van der Waals surface area contributed by atoms with Gasteiger partial charge in [0.1, 0.15) is 0 Å². The fraction of sp³-hybridized carbons (Fsp3) is 0.143. The third-order valence-electron chi connectivity index (χ3n) is 3.88. The van der Waals surface area contributed by atoms with Crippen molar-refractivity contribution < 1.29 is 19.1 Å². The standard InChI is InChI=1S/C21H18N2O4S2/c1-27-20(26)15-7-9-16(10-8-15)22-19(25)11-17-12-28-21(23-17)29-13-18(24)14-5-3-2-4-6-14/h2-10,12H,11,13H2,1H3,(H,22,25). The largest absolute Gasteiger partial charge is 0.465 e. The van der Waals surface area contributed by atoms with E-state index in [1.54, 1.807) is 36.4 Å². The highest BCUT2D eigenvalue weighted by Crippen LogP contribution is 2.24. The molecule has 8 heteroatoms. The average Bonchev–Trinajstić information content (AvgIpc) is 3.19. The number of carbonyl (C=O) groups excluding carboxylic acids is 3. The number of hydrogen-bond acceptors (Lipinski definition) is 7. The number of anilines is 1. The van der Waals surface area contributed by atoms with Crippen LogP contribution in [-0.4, -0.2) is 35.5 Å². The zero-order valence-electron chi connectivity index (χ0n) is 15.6. The number of amides is 1. The molecule has 3 rings (SSSR count). The summed E-state index contributed by atoms with van der Waals surface area (Å²) in [6.07, 6.45) is 0.127. The van der Waals surface area contributed by atoms with Gasteiger partial charge in [0.15, 0.2) is 10.1 Å². The van der Waals surface area contributed by atoms with Crippen molar-refractivity contribution >= 4 is 46.4 Å². The van der Waals surface area contributed by atoms with Gasteiger partial charge in [-0.25, -0.2) is 9.78 Å². The van der Waals surface area contributed by atoms with Crippen molar-refractivity contribution in [3.8, 4) is 0 Å². The van der Waals surface area contributed by atoms with Crippen molar-refractivity contribution in [2.24, 2.45) is 0 Å². The number of nitrogens with zero attached hydrogens (tertiary/aromatic N) is 1. The molecule has 1 heterocycles. The topological polar surface area (TPSA) is 85.4 Å². The molecule has 3 aromatic rings. The summed E-state index contributed by atoms with van der Waals surface area (Å²) in [7, 11) is 1.32. The first-order valence-corrected chi connectivity index (χ1v) is 10.6. The van der Waals surface area contributed by atoms with Gasteiger partial charge in [-0.3, -0.25) is 9.59 Å². The Balaban J connectivity index is 1.49. The van der Waals surface area contributed by atoms with Crippen LogP contribution in [0.25, 0.3) is 0 Å². The van der Waals surface area contributed by atoms with E-state index in [4.69, 9.17) is 0 Å². The number of rotatable bonds is 8. The first kappa shape index (κ1) is 20.8. The summed E-state index contributed by atoms with van der Waals surface area (Å²) in [4.78, 5) is 40.2. The smallest absolute Gasteiger partial charge is 0.337 e. The van der Waals surface area contributed by atoms with Crippen molar-refractivity contribution in [3.05, 3.63) is 76.8 Å². The minimum atomic E-state index is -0.430. The maximum absolute atomic E-state index is 12.2. The third-order valence-corrected chi connectivity index (χ3v) is 5.95. The van der Waals surface area contributed by atoms with E-state index in [0.29, 0.717) is 28.3 Å². The van der Waals surface area contributed by atoms with Crippen molar-refractivity contribution in [1.82, 2.24) is 4.98 Å². The number of carbonyl (C=O) groups is 3. The Bertz CT molecular complexity index is 1000. The highest BCUT2D eigenvalue weighted by molar-refractivity contribution is 8.01. The summed E-state index contributed by atoms with van der Waals surface area (Å²) in [5.74, 6) is -0.296. The number of Topliss-reactive ketones (excluding diaryl/α,β-unsaturated/α-hetero) is 1. The molecular formula is C21H18N2O4S2. The van der Waals surface area contributed by atoms with Gasteiger partial charge < -0.3 is 10.1 Å². The van der Waals surface area contributed by atoms with Crippen LogP contribution in [0.3, 0.4) is 0 Å². The van der Waals surface area contributed by atoms with Gasteiger partial charge in [0.25, 0.3) is 0 Å². The summed E-state index contributed by atoms with van der Waals surface area (Å²) in [6.45, 7) is 0. The number of ether oxygens (including phenoxy) is 1. The summed E-state index contributed by atoms with van der Waals surface area (Å²) in [6, 6.07) is 15.6. The Morgan fingerprint density at radius 3 is 2.45 bits per heavy atom. The van der Waals surface area contributed by atoms with E-state index in [-0.39, 0.29) is 18.1 Å². The van der Waals surface area contributed by atoms with Gasteiger partial charge in [0.2, 0.25) is 5.91 Å². The first-order valence-electron chi connectivity index (χ1n) is 8.69. The van der Waals surface area contributed by atoms with Crippen LogP contribution in [0.2, 0.25) is 0 Å². The molecule has 0 fully saturated rings. The zero-order valence-corrected chi connectivity index (χ0v) is 17.2. The molecule has 0 radical (unpaired) electrons. The Labute approximate surface area is 176 Å². The number of thiazole rings is 1. The number of hydrogen-bond donors (Lipinski definition) is 1. The molecule has 1 amide bonds. The summed E-state index contributed by atoms with van der Waals surface area (Å²) >= 11 is 2.77. The summed E-state index contributed by atoms with van der Waals surface area (Å²) < 4.78 is 5.39. The lowest BCUT2D eigenvalue weighted by molar-refractivity contribution is -0.115. The molecule has 0 spiro atoms. The zero-order chi connectivity index (χ0) is 20.6. The quantitative estimate of drug-likeness (QED) is 0.332. The molecule has 0 aliphatic carbocycles. The molecule has 1 N–H and O–H groups in total. The third kappa shape index (κ3) is 6.00. The molecule has 0 saturated heterocycles. The molecule has 1 aromatic heterocycles. The molecule has 0 aliphatic heterocycles. The van der Waals surface area contributed by atoms with Crippen LogP contribution in [0, 0.1) is 0 Å². The molecule has 0 bridgehead atoms. The second kappa shape index (κ2) is 9.99. The summed E-state index contributed by atoms with van der Waals surface area (Å²) in [5.41, 5.74) is 2.32. The van der Waals surface area contributed by atoms with E-state index in [2.05, 4.69) is 15.0 Å². The Kier molecular flexibility index (Phi) is 7.15. The van der Waals surface area contributed by atoms with Crippen molar-refractivity contribution in [2.75, 3.05) is 18.2 Å². The molecule has 6 nitrogen and oxygen atoms in total. The number of thioether (sulfide) groups is 1. The number of aromatic nitrogens is 1. The number of ketones is 1. The molecular weight excluding hydrogens is 408 g/mol. The highest BCUT2D eigenvalue weighted by atomic mass is 32.2. The normalized spacial score (nSPS) is 10.4. The second-order valence-electron chi connectivity index (χ2n) is 5.98. The van der Waals surface area contributed by atoms with Crippen LogP contribution in [0.4, 0.5) is 5.69 Å². The predicted molar refractivity (Wildman–Crippen MR) is 114 cm³/mol. The van der Waals surface area contributed by atoms with Gasteiger partial charge >= 0.3 is 5.97 Å². The van der Waals surface area contributed by atoms with Gasteiger partial charge in [0, 0.05) is 16.6 Å². The number of benzene rings is 2. The molecule has 0 aliphatic rings. The molecule has 0 saturated carbocycles. The van der Waals surface area contributed by atoms with Gasteiger partial charge in [0.05, 0.1) is 30.5 Å². The van der Waals surface area contributed by atoms with E-state index >= 15 is 0 Å². The van der Waals surface area contributed by atoms with Gasteiger partial charge in [-0.05, 0) is 24.3 Å². The van der Waals surface area contributed by atoms with E-state index in [9.17, 15) is 14.4 Å². The van der Waals surface area contributed by atoms with Crippen LogP contribution in [-0.2, 0) is 16.0 Å². The Morgan fingerprint density at radius 2 is 1.76 bits per heavy atom. The molecule has 0 unspecified atom stereocenters. The average molecular weight is 427 g/mol. The van der Waals surface area contributed by atoms with E-state index in [1.807, 2.05) is 23.6 Å². The Hall–Kier alpha value is -2.97. The van der Waals surface area contributed by atoms with Crippen LogP contribution in [0.5, 0.6) is 0 Å². The fourth-order valence-electron chi connectivity index (χ4n) is 2.45. The first-order chi connectivity index (χ1) is 14.0. The number of methoxy groups -OCH3 is 1. The molecule has 2 aromatic carbocycles. The van der Waals surface area contributed by atoms with Crippen LogP contribution < -0.4 is 5.32 Å². The Morgan fingerprint density at radius 1 is 1.03 bits per heavy atom. The monoisotopic (exact) mass is 426 g/mol. The lowest BCUT2D eigenvalue weighted by Crippen LogP contribution is -2.14. The fourth-order valence-corrected chi connectivity index (χ4v) is 4.19. The lowest BCUT2D eigenvalue weighted by atomic mass is 10.2. The van der Waals surface area contributed by atoms with E-state index in [0.717, 1.165) is 4.34 Å². The van der Waals surface area contributed by atoms with Gasteiger partial charge in [-0.15, -0.1) is 11.3 Å². The van der Waals surface area contributed by atoms with Gasteiger partial charge in [-0.1, -0.05) is 42.1 Å². The second-order valence-corrected chi connectivity index (χ2v) is 8.06. The minimum absolute atomic E-state index is 0.0421. The predicted octanol–water partition coefficient (Wildman–Crippen LogP) is 4.09. The lowest BCUT2D eigenvalue weighted by Gasteiger charge is -2.05. The maximum Gasteiger partial charge on any atom is 0.337 e. The van der Waals surface area contributed by atoms with Crippen molar-refractivity contribution in [1.29, 1.82) is 0 Å². The maximum atomic E-state index is 12.2. The van der Waals surface area contributed by atoms with Crippen molar-refractivity contribution in [3.63, 3.8) is 0 Å². The summed E-state index contributed by atoms with van der Waals surface area (Å²) in [5, 5.41) is 4.58. The number of esters is 1. The number of nitrogens with one attached hydrogen (secondary N) is 1.